The summed E-state index contributed by atoms with van der Waals surface area (Å²) in [5, 5.41) is 0. The summed E-state index contributed by atoms with van der Waals surface area (Å²) >= 11 is 0. The van der Waals surface area contributed by atoms with Gasteiger partial charge in [0, 0.05) is 32.6 Å². The summed E-state index contributed by atoms with van der Waals surface area (Å²) < 4.78 is 0. The number of halogens is 1. The second kappa shape index (κ2) is 10.1. The predicted molar refractivity (Wildman–Crippen MR) is 110 cm³/mol. The van der Waals surface area contributed by atoms with Gasteiger partial charge in [0.25, 0.3) is 0 Å². The van der Waals surface area contributed by atoms with E-state index in [1.807, 2.05) is 28.0 Å². The summed E-state index contributed by atoms with van der Waals surface area (Å²) in [7, 11) is 0. The number of hydrogen-bond donors (Lipinski definition) is 1. The van der Waals surface area contributed by atoms with E-state index >= 15 is 0 Å². The predicted octanol–water partition coefficient (Wildman–Crippen LogP) is 2.76. The molecule has 6 heteroatoms. The Kier molecular flexibility index (Phi) is 8.11. The van der Waals surface area contributed by atoms with Gasteiger partial charge in [-0.2, -0.15) is 0 Å². The maximum absolute atomic E-state index is 12.8. The molecule has 2 N–H and O–H groups in total. The minimum Gasteiger partial charge on any atom is -0.339 e. The Labute approximate surface area is 168 Å². The first kappa shape index (κ1) is 21.7. The van der Waals surface area contributed by atoms with Crippen LogP contribution in [0.2, 0.25) is 0 Å². The second-order valence-electron chi connectivity index (χ2n) is 7.73. The molecule has 2 fully saturated rings. The van der Waals surface area contributed by atoms with Gasteiger partial charge in [0.1, 0.15) is 0 Å². The smallest absolute Gasteiger partial charge is 0.242 e. The molecule has 1 aliphatic carbocycles. The van der Waals surface area contributed by atoms with Crippen molar-refractivity contribution in [3.63, 3.8) is 0 Å². The minimum atomic E-state index is -0.667. The topological polar surface area (TPSA) is 66.6 Å². The quantitative estimate of drug-likeness (QED) is 0.836. The molecule has 2 aliphatic rings. The van der Waals surface area contributed by atoms with Gasteiger partial charge in [-0.1, -0.05) is 49.6 Å². The van der Waals surface area contributed by atoms with Gasteiger partial charge in [-0.15, -0.1) is 12.4 Å². The molecule has 3 rings (SSSR count). The molecule has 0 spiro atoms. The highest BCUT2D eigenvalue weighted by atomic mass is 35.5. The van der Waals surface area contributed by atoms with Crippen molar-refractivity contribution in [2.24, 2.45) is 5.73 Å². The van der Waals surface area contributed by atoms with Gasteiger partial charge in [0.2, 0.25) is 11.8 Å². The SMILES string of the molecule is Cl.NC1(C(=O)N2CCN(C(=O)CCCc3ccccc3)CC2)CCCCC1. The summed E-state index contributed by atoms with van der Waals surface area (Å²) in [5.41, 5.74) is 6.99. The van der Waals surface area contributed by atoms with Gasteiger partial charge in [-0.25, -0.2) is 0 Å². The molecule has 1 saturated carbocycles. The molecule has 27 heavy (non-hydrogen) atoms. The van der Waals surface area contributed by atoms with E-state index in [1.54, 1.807) is 0 Å². The first-order valence-corrected chi connectivity index (χ1v) is 9.98. The van der Waals surface area contributed by atoms with Crippen LogP contribution in [-0.4, -0.2) is 53.3 Å². The summed E-state index contributed by atoms with van der Waals surface area (Å²) in [4.78, 5) is 29.0. The van der Waals surface area contributed by atoms with Crippen LogP contribution in [0, 0.1) is 0 Å². The lowest BCUT2D eigenvalue weighted by Gasteiger charge is -2.41. The summed E-state index contributed by atoms with van der Waals surface area (Å²) in [6.45, 7) is 2.49. The zero-order chi connectivity index (χ0) is 18.4. The van der Waals surface area contributed by atoms with E-state index in [0.717, 1.165) is 38.5 Å². The molecule has 0 aromatic heterocycles. The van der Waals surface area contributed by atoms with Crippen molar-refractivity contribution in [2.45, 2.75) is 56.9 Å². The van der Waals surface area contributed by atoms with Crippen molar-refractivity contribution in [2.75, 3.05) is 26.2 Å². The molecule has 150 valence electrons. The highest BCUT2D eigenvalue weighted by Gasteiger charge is 2.39. The van der Waals surface area contributed by atoms with Crippen LogP contribution >= 0.6 is 12.4 Å². The molecule has 1 saturated heterocycles. The second-order valence-corrected chi connectivity index (χ2v) is 7.73. The van der Waals surface area contributed by atoms with Gasteiger partial charge in [-0.05, 0) is 31.2 Å². The molecule has 5 nitrogen and oxygen atoms in total. The number of nitrogens with two attached hydrogens (primary N) is 1. The Morgan fingerprint density at radius 1 is 0.926 bits per heavy atom. The van der Waals surface area contributed by atoms with Crippen LogP contribution in [0.4, 0.5) is 0 Å². The van der Waals surface area contributed by atoms with E-state index in [0.29, 0.717) is 32.6 Å². The number of aryl methyl sites for hydroxylation is 1. The van der Waals surface area contributed by atoms with Gasteiger partial charge in [0.15, 0.2) is 0 Å². The number of piperazine rings is 1. The molecule has 0 atom stereocenters. The first-order valence-electron chi connectivity index (χ1n) is 9.98. The van der Waals surface area contributed by atoms with Gasteiger partial charge in [-0.3, -0.25) is 9.59 Å². The molecule has 0 radical (unpaired) electrons. The van der Waals surface area contributed by atoms with Crippen molar-refractivity contribution < 1.29 is 9.59 Å². The molecule has 0 unspecified atom stereocenters. The standard InChI is InChI=1S/C21H31N3O2.ClH/c22-21(12-5-2-6-13-21)20(26)24-16-14-23(15-17-24)19(25)11-7-10-18-8-3-1-4-9-18;/h1,3-4,8-9H,2,5-7,10-17,22H2;1H. The van der Waals surface area contributed by atoms with Crippen LogP contribution < -0.4 is 5.73 Å². The highest BCUT2D eigenvalue weighted by Crippen LogP contribution is 2.28. The first-order chi connectivity index (χ1) is 12.6. The van der Waals surface area contributed by atoms with Gasteiger partial charge < -0.3 is 15.5 Å². The Hall–Kier alpha value is -1.59. The van der Waals surface area contributed by atoms with Crippen molar-refractivity contribution in [3.8, 4) is 0 Å². The van der Waals surface area contributed by atoms with E-state index < -0.39 is 5.54 Å². The molecule has 1 aromatic carbocycles. The van der Waals surface area contributed by atoms with Crippen molar-refractivity contribution in [1.29, 1.82) is 0 Å². The van der Waals surface area contributed by atoms with E-state index in [9.17, 15) is 9.59 Å². The lowest BCUT2D eigenvalue weighted by atomic mass is 9.81. The Morgan fingerprint density at radius 3 is 2.15 bits per heavy atom. The fraction of sp³-hybridized carbons (Fsp3) is 0.619. The monoisotopic (exact) mass is 393 g/mol. The fourth-order valence-corrected chi connectivity index (χ4v) is 4.12. The Balaban J connectivity index is 0.00000261. The third-order valence-electron chi connectivity index (χ3n) is 5.79. The van der Waals surface area contributed by atoms with Gasteiger partial charge >= 0.3 is 0 Å². The number of nitrogens with zero attached hydrogens (tertiary/aromatic N) is 2. The highest BCUT2D eigenvalue weighted by molar-refractivity contribution is 5.86. The average molecular weight is 394 g/mol. The number of carbonyl (C=O) groups excluding carboxylic acids is 2. The van der Waals surface area contributed by atoms with Crippen molar-refractivity contribution >= 4 is 24.2 Å². The van der Waals surface area contributed by atoms with Gasteiger partial charge in [0.05, 0.1) is 5.54 Å². The third kappa shape index (κ3) is 5.69. The van der Waals surface area contributed by atoms with Crippen LogP contribution in [0.1, 0.15) is 50.5 Å². The Bertz CT molecular complexity index is 609. The van der Waals surface area contributed by atoms with E-state index in [2.05, 4.69) is 12.1 Å². The summed E-state index contributed by atoms with van der Waals surface area (Å²) in [6.07, 6.45) is 7.23. The van der Waals surface area contributed by atoms with Crippen LogP contribution in [-0.2, 0) is 16.0 Å². The van der Waals surface area contributed by atoms with Crippen LogP contribution in [0.3, 0.4) is 0 Å². The average Bonchev–Trinajstić information content (AvgIpc) is 2.69. The number of benzene rings is 1. The maximum Gasteiger partial charge on any atom is 0.242 e. The number of rotatable bonds is 5. The van der Waals surface area contributed by atoms with Crippen LogP contribution in [0.15, 0.2) is 30.3 Å². The summed E-state index contributed by atoms with van der Waals surface area (Å²) in [6, 6.07) is 10.3. The third-order valence-corrected chi connectivity index (χ3v) is 5.79. The molecule has 2 amide bonds. The molecular formula is C21H32ClN3O2. The zero-order valence-corrected chi connectivity index (χ0v) is 16.9. The minimum absolute atomic E-state index is 0. The molecule has 1 heterocycles. The summed E-state index contributed by atoms with van der Waals surface area (Å²) in [5.74, 6) is 0.293. The lowest BCUT2D eigenvalue weighted by molar-refractivity contribution is -0.144. The maximum atomic E-state index is 12.8. The lowest BCUT2D eigenvalue weighted by Crippen LogP contribution is -2.60. The molecule has 1 aliphatic heterocycles. The van der Waals surface area contributed by atoms with E-state index in [-0.39, 0.29) is 24.2 Å². The normalized spacial score (nSPS) is 19.3. The number of amides is 2. The van der Waals surface area contributed by atoms with E-state index in [1.165, 1.54) is 12.0 Å². The number of hydrogen-bond acceptors (Lipinski definition) is 3. The van der Waals surface area contributed by atoms with Crippen LogP contribution in [0.25, 0.3) is 0 Å². The van der Waals surface area contributed by atoms with Crippen molar-refractivity contribution in [1.82, 2.24) is 9.80 Å². The van der Waals surface area contributed by atoms with Crippen molar-refractivity contribution in [3.05, 3.63) is 35.9 Å². The molecular weight excluding hydrogens is 362 g/mol. The molecule has 1 aromatic rings. The number of carbonyl (C=O) groups is 2. The molecule has 0 bridgehead atoms. The van der Waals surface area contributed by atoms with E-state index in [4.69, 9.17) is 5.73 Å². The Morgan fingerprint density at radius 2 is 1.52 bits per heavy atom. The fourth-order valence-electron chi connectivity index (χ4n) is 4.12. The van der Waals surface area contributed by atoms with Crippen LogP contribution in [0.5, 0.6) is 0 Å². The largest absolute Gasteiger partial charge is 0.339 e. The zero-order valence-electron chi connectivity index (χ0n) is 16.1.